The minimum atomic E-state index is 0.944. The molecule has 0 bridgehead atoms. The van der Waals surface area contributed by atoms with Crippen molar-refractivity contribution in [2.45, 2.75) is 33.1 Å². The number of unbranched alkanes of at least 4 members (excludes halogenated alkanes) is 1. The van der Waals surface area contributed by atoms with E-state index in [2.05, 4.69) is 37.3 Å². The SMILES string of the molecule is CC([B]O)=CCCCc1ccccc1C. The monoisotopic (exact) mass is 201 g/mol. The van der Waals surface area contributed by atoms with Crippen LogP contribution in [-0.4, -0.2) is 12.5 Å². The number of aryl methyl sites for hydroxylation is 2. The summed E-state index contributed by atoms with van der Waals surface area (Å²) in [7, 11) is 1.16. The molecule has 1 nitrogen and oxygen atoms in total. The molecule has 15 heavy (non-hydrogen) atoms. The van der Waals surface area contributed by atoms with Gasteiger partial charge in [0, 0.05) is 0 Å². The van der Waals surface area contributed by atoms with E-state index in [0.29, 0.717) is 0 Å². The van der Waals surface area contributed by atoms with Crippen LogP contribution < -0.4 is 0 Å². The molecule has 1 rings (SSSR count). The summed E-state index contributed by atoms with van der Waals surface area (Å²) in [5.41, 5.74) is 3.74. The molecule has 0 fully saturated rings. The average Bonchev–Trinajstić information content (AvgIpc) is 2.26. The van der Waals surface area contributed by atoms with Crippen LogP contribution >= 0.6 is 0 Å². The molecular weight excluding hydrogens is 183 g/mol. The fourth-order valence-corrected chi connectivity index (χ4v) is 1.57. The molecule has 79 valence electrons. The maximum Gasteiger partial charge on any atom is 0.321 e. The number of rotatable bonds is 5. The molecule has 0 aliphatic heterocycles. The smallest absolute Gasteiger partial charge is 0.321 e. The van der Waals surface area contributed by atoms with E-state index in [1.165, 1.54) is 11.1 Å². The minimum absolute atomic E-state index is 0.944. The Balaban J connectivity index is 2.35. The Morgan fingerprint density at radius 3 is 2.80 bits per heavy atom. The summed E-state index contributed by atoms with van der Waals surface area (Å²) in [6.07, 6.45) is 5.34. The lowest BCUT2D eigenvalue weighted by Gasteiger charge is -2.03. The summed E-state index contributed by atoms with van der Waals surface area (Å²) >= 11 is 0. The molecule has 0 atom stereocenters. The van der Waals surface area contributed by atoms with Gasteiger partial charge in [0.2, 0.25) is 0 Å². The first-order chi connectivity index (χ1) is 7.24. The number of benzene rings is 1. The van der Waals surface area contributed by atoms with E-state index in [-0.39, 0.29) is 0 Å². The lowest BCUT2D eigenvalue weighted by Crippen LogP contribution is -1.91. The third-order valence-corrected chi connectivity index (χ3v) is 2.58. The number of hydrogen-bond donors (Lipinski definition) is 1. The zero-order valence-electron chi connectivity index (χ0n) is 9.53. The second-order valence-electron chi connectivity index (χ2n) is 3.90. The topological polar surface area (TPSA) is 20.2 Å². The Hall–Kier alpha value is -1.02. The van der Waals surface area contributed by atoms with Crippen molar-refractivity contribution in [3.63, 3.8) is 0 Å². The van der Waals surface area contributed by atoms with Gasteiger partial charge in [-0.1, -0.05) is 42.7 Å². The van der Waals surface area contributed by atoms with Crippen LogP contribution in [0.1, 0.15) is 30.9 Å². The molecule has 0 amide bonds. The van der Waals surface area contributed by atoms with Crippen LogP contribution in [0.25, 0.3) is 0 Å². The van der Waals surface area contributed by atoms with Crippen LogP contribution in [0.5, 0.6) is 0 Å². The van der Waals surface area contributed by atoms with Crippen molar-refractivity contribution < 1.29 is 5.02 Å². The first-order valence-corrected chi connectivity index (χ1v) is 5.42. The van der Waals surface area contributed by atoms with Gasteiger partial charge in [-0.25, -0.2) is 0 Å². The number of hydrogen-bond acceptors (Lipinski definition) is 1. The van der Waals surface area contributed by atoms with Crippen LogP contribution in [0.4, 0.5) is 0 Å². The zero-order valence-corrected chi connectivity index (χ0v) is 9.53. The molecule has 1 aromatic rings. The Morgan fingerprint density at radius 2 is 2.13 bits per heavy atom. The quantitative estimate of drug-likeness (QED) is 0.573. The number of allylic oxidation sites excluding steroid dienone is 2. The van der Waals surface area contributed by atoms with Crippen molar-refractivity contribution in [1.82, 2.24) is 0 Å². The van der Waals surface area contributed by atoms with E-state index < -0.39 is 0 Å². The second kappa shape index (κ2) is 6.47. The van der Waals surface area contributed by atoms with E-state index in [9.17, 15) is 0 Å². The third-order valence-electron chi connectivity index (χ3n) is 2.58. The highest BCUT2D eigenvalue weighted by Crippen LogP contribution is 2.11. The van der Waals surface area contributed by atoms with E-state index >= 15 is 0 Å². The van der Waals surface area contributed by atoms with Crippen molar-refractivity contribution in [1.29, 1.82) is 0 Å². The van der Waals surface area contributed by atoms with Crippen molar-refractivity contribution in [3.05, 3.63) is 46.9 Å². The molecule has 0 aliphatic carbocycles. The molecule has 0 aliphatic rings. The Bertz CT molecular complexity index is 331. The summed E-state index contributed by atoms with van der Waals surface area (Å²) in [6, 6.07) is 8.50. The maximum atomic E-state index is 8.70. The predicted octanol–water partition coefficient (Wildman–Crippen LogP) is 2.83. The molecule has 0 spiro atoms. The highest BCUT2D eigenvalue weighted by atomic mass is 16.2. The standard InChI is InChI=1S/C13H18BO/c1-11-7-3-5-9-13(11)10-6-4-8-12(2)14-15/h3,5,7-9,15H,4,6,10H2,1-2H3. The highest BCUT2D eigenvalue weighted by Gasteiger charge is 1.96. The molecule has 1 aromatic carbocycles. The van der Waals surface area contributed by atoms with Gasteiger partial charge >= 0.3 is 7.48 Å². The van der Waals surface area contributed by atoms with Crippen LogP contribution in [-0.2, 0) is 6.42 Å². The molecule has 0 saturated carbocycles. The summed E-state index contributed by atoms with van der Waals surface area (Å²) in [5, 5.41) is 8.70. The summed E-state index contributed by atoms with van der Waals surface area (Å²) in [6.45, 7) is 4.06. The van der Waals surface area contributed by atoms with Gasteiger partial charge in [0.1, 0.15) is 0 Å². The van der Waals surface area contributed by atoms with Gasteiger partial charge in [-0.15, -0.1) is 0 Å². The largest absolute Gasteiger partial charge is 0.450 e. The van der Waals surface area contributed by atoms with Gasteiger partial charge in [0.15, 0.2) is 0 Å². The molecule has 0 aromatic heterocycles. The molecule has 1 radical (unpaired) electrons. The molecular formula is C13H18BO. The Kier molecular flexibility index (Phi) is 5.20. The van der Waals surface area contributed by atoms with Crippen molar-refractivity contribution in [3.8, 4) is 0 Å². The van der Waals surface area contributed by atoms with Gasteiger partial charge in [-0.2, -0.15) is 0 Å². The minimum Gasteiger partial charge on any atom is -0.450 e. The predicted molar refractivity (Wildman–Crippen MR) is 65.8 cm³/mol. The molecule has 0 unspecified atom stereocenters. The van der Waals surface area contributed by atoms with Gasteiger partial charge in [0.05, 0.1) is 0 Å². The van der Waals surface area contributed by atoms with E-state index in [0.717, 1.165) is 32.2 Å². The molecule has 1 N–H and O–H groups in total. The first-order valence-electron chi connectivity index (χ1n) is 5.42. The van der Waals surface area contributed by atoms with Crippen LogP contribution in [0, 0.1) is 6.92 Å². The van der Waals surface area contributed by atoms with Crippen molar-refractivity contribution >= 4 is 7.48 Å². The fourth-order valence-electron chi connectivity index (χ4n) is 1.57. The zero-order chi connectivity index (χ0) is 11.1. The van der Waals surface area contributed by atoms with Gasteiger partial charge in [0.25, 0.3) is 0 Å². The Morgan fingerprint density at radius 1 is 1.40 bits per heavy atom. The van der Waals surface area contributed by atoms with Crippen LogP contribution in [0.15, 0.2) is 35.8 Å². The highest BCUT2D eigenvalue weighted by molar-refractivity contribution is 6.35. The van der Waals surface area contributed by atoms with E-state index in [4.69, 9.17) is 5.02 Å². The van der Waals surface area contributed by atoms with E-state index in [1.54, 1.807) is 0 Å². The molecule has 2 heteroatoms. The van der Waals surface area contributed by atoms with Crippen molar-refractivity contribution in [2.24, 2.45) is 0 Å². The third kappa shape index (κ3) is 4.35. The molecule has 0 saturated heterocycles. The normalized spacial score (nSPS) is 11.5. The molecule has 0 heterocycles. The summed E-state index contributed by atoms with van der Waals surface area (Å²) < 4.78 is 0. The average molecular weight is 201 g/mol. The lowest BCUT2D eigenvalue weighted by atomic mass is 9.88. The van der Waals surface area contributed by atoms with Gasteiger partial charge in [-0.05, 0) is 37.3 Å². The summed E-state index contributed by atoms with van der Waals surface area (Å²) in [4.78, 5) is 0. The van der Waals surface area contributed by atoms with Crippen LogP contribution in [0.2, 0.25) is 0 Å². The van der Waals surface area contributed by atoms with Gasteiger partial charge < -0.3 is 5.02 Å². The first kappa shape index (κ1) is 12.1. The lowest BCUT2D eigenvalue weighted by molar-refractivity contribution is 0.610. The Labute approximate surface area is 93.1 Å². The van der Waals surface area contributed by atoms with Gasteiger partial charge in [-0.3, -0.25) is 0 Å². The summed E-state index contributed by atoms with van der Waals surface area (Å²) in [5.74, 6) is 0. The fraction of sp³-hybridized carbons (Fsp3) is 0.385. The van der Waals surface area contributed by atoms with Crippen molar-refractivity contribution in [2.75, 3.05) is 0 Å². The van der Waals surface area contributed by atoms with Crippen LogP contribution in [0.3, 0.4) is 0 Å². The maximum absolute atomic E-state index is 8.70. The second-order valence-corrected chi connectivity index (χ2v) is 3.90. The van der Waals surface area contributed by atoms with E-state index in [1.807, 2.05) is 6.92 Å².